The van der Waals surface area contributed by atoms with Crippen molar-refractivity contribution in [2.24, 2.45) is 0 Å². The summed E-state index contributed by atoms with van der Waals surface area (Å²) in [6.07, 6.45) is 3.02. The molecule has 1 aliphatic heterocycles. The molecular weight excluding hydrogens is 154 g/mol. The van der Waals surface area contributed by atoms with Crippen LogP contribution in [0.5, 0.6) is 0 Å². The molecule has 4 heteroatoms. The van der Waals surface area contributed by atoms with Crippen molar-refractivity contribution in [3.63, 3.8) is 0 Å². The predicted octanol–water partition coefficient (Wildman–Crippen LogP) is 0.735. The summed E-state index contributed by atoms with van der Waals surface area (Å²) in [5.41, 5.74) is 6.68. The molecule has 0 spiro atoms. The second kappa shape index (κ2) is 2.79. The molecule has 2 heterocycles. The third-order valence-corrected chi connectivity index (χ3v) is 2.23. The Morgan fingerprint density at radius 1 is 1.75 bits per heavy atom. The van der Waals surface area contributed by atoms with Crippen molar-refractivity contribution >= 4 is 5.82 Å². The number of ether oxygens (including phenoxy) is 1. The fraction of sp³-hybridized carbons (Fsp3) is 0.625. The van der Waals surface area contributed by atoms with Gasteiger partial charge in [-0.1, -0.05) is 0 Å². The summed E-state index contributed by atoms with van der Waals surface area (Å²) < 4.78 is 7.17. The molecule has 0 bridgehead atoms. The van der Waals surface area contributed by atoms with Crippen LogP contribution in [0.2, 0.25) is 0 Å². The van der Waals surface area contributed by atoms with Crippen LogP contribution in [0.1, 0.15) is 18.0 Å². The molecule has 1 aliphatic rings. The predicted molar refractivity (Wildman–Crippen MR) is 45.8 cm³/mol. The molecule has 66 valence electrons. The minimum absolute atomic E-state index is 0.390. The van der Waals surface area contributed by atoms with Gasteiger partial charge in [0, 0.05) is 18.4 Å². The average molecular weight is 167 g/mol. The van der Waals surface area contributed by atoms with Crippen molar-refractivity contribution in [2.45, 2.75) is 19.4 Å². The maximum atomic E-state index is 5.64. The van der Waals surface area contributed by atoms with Crippen molar-refractivity contribution in [2.75, 3.05) is 18.9 Å². The van der Waals surface area contributed by atoms with Gasteiger partial charge in [0.15, 0.2) is 0 Å². The Bertz CT molecular complexity index is 256. The molecule has 4 nitrogen and oxygen atoms in total. The Hall–Kier alpha value is -1.03. The van der Waals surface area contributed by atoms with Crippen LogP contribution in [-0.4, -0.2) is 23.0 Å². The first kappa shape index (κ1) is 7.61. The molecule has 1 atom stereocenters. The third-order valence-electron chi connectivity index (χ3n) is 2.23. The van der Waals surface area contributed by atoms with Gasteiger partial charge < -0.3 is 10.5 Å². The van der Waals surface area contributed by atoms with E-state index < -0.39 is 0 Å². The zero-order chi connectivity index (χ0) is 8.55. The number of nitrogen functional groups attached to an aromatic ring is 1. The van der Waals surface area contributed by atoms with E-state index in [0.29, 0.717) is 11.9 Å². The SMILES string of the molecule is Cc1cn(C2CCOC2)nc1N. The van der Waals surface area contributed by atoms with Gasteiger partial charge in [-0.2, -0.15) is 5.10 Å². The molecule has 1 unspecified atom stereocenters. The van der Waals surface area contributed by atoms with Gasteiger partial charge in [-0.05, 0) is 13.3 Å². The summed E-state index contributed by atoms with van der Waals surface area (Å²) in [5.74, 6) is 0.627. The number of aryl methyl sites for hydroxylation is 1. The van der Waals surface area contributed by atoms with Crippen LogP contribution in [0.3, 0.4) is 0 Å². The van der Waals surface area contributed by atoms with Gasteiger partial charge in [-0.3, -0.25) is 4.68 Å². The van der Waals surface area contributed by atoms with E-state index in [1.54, 1.807) is 0 Å². The summed E-state index contributed by atoms with van der Waals surface area (Å²) in [6, 6.07) is 0.390. The molecule has 12 heavy (non-hydrogen) atoms. The zero-order valence-electron chi connectivity index (χ0n) is 7.16. The molecule has 1 aromatic heterocycles. The van der Waals surface area contributed by atoms with Crippen molar-refractivity contribution < 1.29 is 4.74 Å². The summed E-state index contributed by atoms with van der Waals surface area (Å²) in [5, 5.41) is 4.21. The molecule has 1 fully saturated rings. The lowest BCUT2D eigenvalue weighted by molar-refractivity contribution is 0.184. The fourth-order valence-corrected chi connectivity index (χ4v) is 1.41. The van der Waals surface area contributed by atoms with Gasteiger partial charge in [0.05, 0.1) is 12.6 Å². The van der Waals surface area contributed by atoms with E-state index in [-0.39, 0.29) is 0 Å². The maximum absolute atomic E-state index is 5.64. The molecule has 0 saturated carbocycles. The van der Waals surface area contributed by atoms with E-state index >= 15 is 0 Å². The van der Waals surface area contributed by atoms with Crippen LogP contribution >= 0.6 is 0 Å². The monoisotopic (exact) mass is 167 g/mol. The lowest BCUT2D eigenvalue weighted by atomic mass is 10.3. The molecule has 1 saturated heterocycles. The van der Waals surface area contributed by atoms with Crippen LogP contribution < -0.4 is 5.73 Å². The highest BCUT2D eigenvalue weighted by Crippen LogP contribution is 2.19. The molecular formula is C8H13N3O. The van der Waals surface area contributed by atoms with Crippen LogP contribution in [0.25, 0.3) is 0 Å². The van der Waals surface area contributed by atoms with E-state index in [1.807, 2.05) is 17.8 Å². The average Bonchev–Trinajstić information content (AvgIpc) is 2.61. The number of aromatic nitrogens is 2. The van der Waals surface area contributed by atoms with Gasteiger partial charge in [0.25, 0.3) is 0 Å². The largest absolute Gasteiger partial charge is 0.382 e. The van der Waals surface area contributed by atoms with Crippen molar-refractivity contribution in [1.29, 1.82) is 0 Å². The maximum Gasteiger partial charge on any atom is 0.148 e. The highest BCUT2D eigenvalue weighted by atomic mass is 16.5. The lowest BCUT2D eigenvalue weighted by Gasteiger charge is -2.06. The van der Waals surface area contributed by atoms with Crippen LogP contribution in [0.4, 0.5) is 5.82 Å². The molecule has 0 amide bonds. The van der Waals surface area contributed by atoms with Crippen molar-refractivity contribution in [3.05, 3.63) is 11.8 Å². The van der Waals surface area contributed by atoms with E-state index in [0.717, 1.165) is 25.2 Å². The second-order valence-corrected chi connectivity index (χ2v) is 3.19. The van der Waals surface area contributed by atoms with E-state index in [4.69, 9.17) is 10.5 Å². The van der Waals surface area contributed by atoms with Gasteiger partial charge in [0.1, 0.15) is 5.82 Å². The first-order valence-corrected chi connectivity index (χ1v) is 4.16. The summed E-state index contributed by atoms with van der Waals surface area (Å²) in [6.45, 7) is 3.57. The molecule has 0 aliphatic carbocycles. The van der Waals surface area contributed by atoms with E-state index in [9.17, 15) is 0 Å². The lowest BCUT2D eigenvalue weighted by Crippen LogP contribution is -2.09. The van der Waals surface area contributed by atoms with E-state index in [2.05, 4.69) is 5.10 Å². The van der Waals surface area contributed by atoms with Crippen molar-refractivity contribution in [1.82, 2.24) is 9.78 Å². The smallest absolute Gasteiger partial charge is 0.148 e. The van der Waals surface area contributed by atoms with Crippen LogP contribution in [0, 0.1) is 6.92 Å². The minimum Gasteiger partial charge on any atom is -0.382 e. The Labute approximate surface area is 71.3 Å². The standard InChI is InChI=1S/C8H13N3O/c1-6-4-11(10-8(6)9)7-2-3-12-5-7/h4,7H,2-3,5H2,1H3,(H2,9,10). The third kappa shape index (κ3) is 1.18. The molecule has 2 N–H and O–H groups in total. The highest BCUT2D eigenvalue weighted by Gasteiger charge is 2.18. The Morgan fingerprint density at radius 3 is 3.08 bits per heavy atom. The normalized spacial score (nSPS) is 23.2. The number of hydrogen-bond acceptors (Lipinski definition) is 3. The number of rotatable bonds is 1. The Balaban J connectivity index is 2.21. The minimum atomic E-state index is 0.390. The van der Waals surface area contributed by atoms with Crippen LogP contribution in [-0.2, 0) is 4.74 Å². The molecule has 1 aromatic rings. The summed E-state index contributed by atoms with van der Waals surface area (Å²) in [7, 11) is 0. The quantitative estimate of drug-likeness (QED) is 0.671. The van der Waals surface area contributed by atoms with Crippen molar-refractivity contribution in [3.8, 4) is 0 Å². The van der Waals surface area contributed by atoms with E-state index in [1.165, 1.54) is 0 Å². The Morgan fingerprint density at radius 2 is 2.58 bits per heavy atom. The first-order valence-electron chi connectivity index (χ1n) is 4.16. The molecule has 0 aromatic carbocycles. The van der Waals surface area contributed by atoms with Gasteiger partial charge in [-0.15, -0.1) is 0 Å². The molecule has 0 radical (unpaired) electrons. The summed E-state index contributed by atoms with van der Waals surface area (Å²) in [4.78, 5) is 0. The number of hydrogen-bond donors (Lipinski definition) is 1. The highest BCUT2D eigenvalue weighted by molar-refractivity contribution is 5.35. The molecule has 2 rings (SSSR count). The number of anilines is 1. The zero-order valence-corrected chi connectivity index (χ0v) is 7.16. The number of nitrogens with zero attached hydrogens (tertiary/aromatic N) is 2. The van der Waals surface area contributed by atoms with Crippen LogP contribution in [0.15, 0.2) is 6.20 Å². The summed E-state index contributed by atoms with van der Waals surface area (Å²) >= 11 is 0. The Kier molecular flexibility index (Phi) is 1.77. The van der Waals surface area contributed by atoms with Gasteiger partial charge in [0.2, 0.25) is 0 Å². The number of nitrogens with two attached hydrogens (primary N) is 1. The fourth-order valence-electron chi connectivity index (χ4n) is 1.41. The van der Waals surface area contributed by atoms with Gasteiger partial charge >= 0.3 is 0 Å². The van der Waals surface area contributed by atoms with Gasteiger partial charge in [-0.25, -0.2) is 0 Å². The first-order chi connectivity index (χ1) is 5.77. The second-order valence-electron chi connectivity index (χ2n) is 3.19. The topological polar surface area (TPSA) is 53.1 Å².